The monoisotopic (exact) mass is 479 g/mol. The van der Waals surface area contributed by atoms with Gasteiger partial charge >= 0.3 is 0 Å². The van der Waals surface area contributed by atoms with Gasteiger partial charge in [0.25, 0.3) is 5.56 Å². The molecule has 3 aromatic carbocycles. The van der Waals surface area contributed by atoms with E-state index >= 15 is 0 Å². The Morgan fingerprint density at radius 1 is 1.00 bits per heavy atom. The molecule has 5 aromatic rings. The molecule has 0 aliphatic carbocycles. The maximum Gasteiger partial charge on any atom is 0.297 e. The van der Waals surface area contributed by atoms with Gasteiger partial charge in [-0.3, -0.25) is 14.3 Å². The van der Waals surface area contributed by atoms with E-state index in [1.807, 2.05) is 79.3 Å². The number of rotatable bonds is 6. The molecule has 1 amide bonds. The Hall–Kier alpha value is -4.85. The summed E-state index contributed by atoms with van der Waals surface area (Å²) in [6.45, 7) is 1.96. The van der Waals surface area contributed by atoms with E-state index in [1.165, 1.54) is 12.1 Å². The van der Waals surface area contributed by atoms with Crippen LogP contribution in [0.2, 0.25) is 0 Å². The first-order chi connectivity index (χ1) is 17.4. The summed E-state index contributed by atoms with van der Waals surface area (Å²) in [7, 11) is 1.83. The lowest BCUT2D eigenvalue weighted by Crippen LogP contribution is -2.19. The molecule has 0 radical (unpaired) electrons. The second kappa shape index (κ2) is 9.42. The average molecular weight is 480 g/mol. The van der Waals surface area contributed by atoms with E-state index in [0.717, 1.165) is 27.8 Å². The van der Waals surface area contributed by atoms with E-state index < -0.39 is 0 Å². The molecular formula is C28H25N5O3. The number of fused-ring (bicyclic) bond motifs is 1. The third-order valence-corrected chi connectivity index (χ3v) is 6.14. The van der Waals surface area contributed by atoms with E-state index in [-0.39, 0.29) is 23.8 Å². The van der Waals surface area contributed by atoms with Gasteiger partial charge in [-0.1, -0.05) is 36.4 Å². The highest BCUT2D eigenvalue weighted by Gasteiger charge is 2.16. The maximum atomic E-state index is 13.2. The van der Waals surface area contributed by atoms with Crippen LogP contribution in [0.4, 0.5) is 11.4 Å². The fourth-order valence-electron chi connectivity index (χ4n) is 4.25. The number of aliphatic imine (C=N–C) groups is 1. The summed E-state index contributed by atoms with van der Waals surface area (Å²) >= 11 is 0. The summed E-state index contributed by atoms with van der Waals surface area (Å²) < 4.78 is 5.24. The number of aromatic nitrogens is 3. The van der Waals surface area contributed by atoms with Crippen molar-refractivity contribution < 1.29 is 9.90 Å². The van der Waals surface area contributed by atoms with Gasteiger partial charge in [-0.2, -0.15) is 0 Å². The lowest BCUT2D eigenvalue weighted by atomic mass is 10.2. The number of para-hydroxylation sites is 2. The largest absolute Gasteiger partial charge is 0.508 e. The molecule has 0 bridgehead atoms. The first kappa shape index (κ1) is 22.9. The molecule has 8 heteroatoms. The number of hydrogen-bond acceptors (Lipinski definition) is 4. The number of phenolic OH excluding ortho intramolecular Hbond substituents is 1. The Balaban J connectivity index is 1.46. The molecule has 36 heavy (non-hydrogen) atoms. The summed E-state index contributed by atoms with van der Waals surface area (Å²) in [5.74, 6) is -0.0629. The molecule has 2 aromatic heterocycles. The Morgan fingerprint density at radius 3 is 2.44 bits per heavy atom. The molecule has 0 spiro atoms. The molecule has 0 atom stereocenters. The Bertz CT molecular complexity index is 1640. The number of nitrogens with one attached hydrogen (secondary N) is 1. The Labute approximate surface area is 207 Å². The smallest absolute Gasteiger partial charge is 0.297 e. The molecule has 0 aliphatic rings. The molecule has 0 unspecified atom stereocenters. The van der Waals surface area contributed by atoms with Crippen LogP contribution in [0.25, 0.3) is 16.6 Å². The second-order valence-electron chi connectivity index (χ2n) is 8.49. The first-order valence-electron chi connectivity index (χ1n) is 11.5. The number of anilines is 1. The first-order valence-corrected chi connectivity index (χ1v) is 11.5. The van der Waals surface area contributed by atoms with Crippen LogP contribution in [-0.4, -0.2) is 31.2 Å². The zero-order chi connectivity index (χ0) is 25.2. The van der Waals surface area contributed by atoms with Crippen LogP contribution in [0.3, 0.4) is 0 Å². The van der Waals surface area contributed by atoms with Crippen molar-refractivity contribution in [3.63, 3.8) is 0 Å². The van der Waals surface area contributed by atoms with E-state index in [4.69, 9.17) is 0 Å². The molecule has 180 valence electrons. The summed E-state index contributed by atoms with van der Waals surface area (Å²) in [5, 5.41) is 13.2. The minimum absolute atomic E-state index is 0.0976. The van der Waals surface area contributed by atoms with Crippen LogP contribution in [0.1, 0.15) is 11.3 Å². The van der Waals surface area contributed by atoms with Gasteiger partial charge in [-0.05, 0) is 49.4 Å². The van der Waals surface area contributed by atoms with Gasteiger partial charge in [-0.25, -0.2) is 9.67 Å². The van der Waals surface area contributed by atoms with Gasteiger partial charge in [0, 0.05) is 41.6 Å². The zero-order valence-electron chi connectivity index (χ0n) is 19.9. The number of nitrogens with zero attached hydrogens (tertiary/aromatic N) is 4. The summed E-state index contributed by atoms with van der Waals surface area (Å²) in [6, 6.07) is 23.5. The predicted octanol–water partition coefficient (Wildman–Crippen LogP) is 4.53. The molecule has 2 heterocycles. The van der Waals surface area contributed by atoms with Gasteiger partial charge in [0.05, 0.1) is 11.4 Å². The number of hydrogen-bond donors (Lipinski definition) is 2. The van der Waals surface area contributed by atoms with Crippen molar-refractivity contribution in [1.82, 2.24) is 13.9 Å². The molecule has 2 N–H and O–H groups in total. The van der Waals surface area contributed by atoms with Crippen molar-refractivity contribution in [3.05, 3.63) is 107 Å². The molecule has 0 aliphatic heterocycles. The number of aromatic hydroxyl groups is 1. The fraction of sp³-hybridized carbons (Fsp3) is 0.107. The lowest BCUT2D eigenvalue weighted by Gasteiger charge is -2.07. The SMILES string of the molecule is Cc1c(N=Cc2cn(CC(=O)Nc3ccc(O)cc3)c3ccccc23)c(=O)n(-c2ccccc2)n1C. The number of phenols is 1. The van der Waals surface area contributed by atoms with E-state index in [0.29, 0.717) is 11.4 Å². The quantitative estimate of drug-likeness (QED) is 0.277. The molecule has 8 nitrogen and oxygen atoms in total. The normalized spacial score (nSPS) is 11.4. The van der Waals surface area contributed by atoms with Crippen LogP contribution in [-0.2, 0) is 18.4 Å². The van der Waals surface area contributed by atoms with Crippen molar-refractivity contribution in [1.29, 1.82) is 0 Å². The second-order valence-corrected chi connectivity index (χ2v) is 8.49. The van der Waals surface area contributed by atoms with Gasteiger partial charge < -0.3 is 15.0 Å². The average Bonchev–Trinajstić information content (AvgIpc) is 3.33. The van der Waals surface area contributed by atoms with Crippen LogP contribution in [0.5, 0.6) is 5.75 Å². The van der Waals surface area contributed by atoms with Gasteiger partial charge in [0.15, 0.2) is 5.69 Å². The van der Waals surface area contributed by atoms with Crippen molar-refractivity contribution in [2.45, 2.75) is 13.5 Å². The van der Waals surface area contributed by atoms with Crippen molar-refractivity contribution in [2.75, 3.05) is 5.32 Å². The predicted molar refractivity (Wildman–Crippen MR) is 142 cm³/mol. The molecule has 0 saturated carbocycles. The minimum atomic E-state index is -0.200. The zero-order valence-corrected chi connectivity index (χ0v) is 19.9. The third-order valence-electron chi connectivity index (χ3n) is 6.14. The molecule has 0 fully saturated rings. The minimum Gasteiger partial charge on any atom is -0.508 e. The van der Waals surface area contributed by atoms with Gasteiger partial charge in [0.1, 0.15) is 12.3 Å². The maximum absolute atomic E-state index is 13.2. The number of benzene rings is 3. The highest BCUT2D eigenvalue weighted by Crippen LogP contribution is 2.22. The highest BCUT2D eigenvalue weighted by atomic mass is 16.3. The molecular weight excluding hydrogens is 454 g/mol. The van der Waals surface area contributed by atoms with Crippen LogP contribution in [0.15, 0.2) is 94.8 Å². The topological polar surface area (TPSA) is 93.6 Å². The Morgan fingerprint density at radius 2 is 1.69 bits per heavy atom. The standard InChI is InChI=1S/C28H25N5O3/c1-19-27(28(36)33(31(19)2)22-8-4-3-5-9-22)29-16-20-17-32(25-11-7-6-10-24(20)25)18-26(35)30-21-12-14-23(34)15-13-21/h3-17,34H,18H2,1-2H3,(H,30,35). The van der Waals surface area contributed by atoms with Crippen molar-refractivity contribution >= 4 is 34.4 Å². The third kappa shape index (κ3) is 4.32. The van der Waals surface area contributed by atoms with Crippen molar-refractivity contribution in [3.8, 4) is 11.4 Å². The van der Waals surface area contributed by atoms with E-state index in [1.54, 1.807) is 27.7 Å². The van der Waals surface area contributed by atoms with Crippen molar-refractivity contribution in [2.24, 2.45) is 12.0 Å². The van der Waals surface area contributed by atoms with Gasteiger partial charge in [-0.15, -0.1) is 0 Å². The van der Waals surface area contributed by atoms with Gasteiger partial charge in [0.2, 0.25) is 5.91 Å². The van der Waals surface area contributed by atoms with Crippen LogP contribution < -0.4 is 10.9 Å². The summed E-state index contributed by atoms with van der Waals surface area (Å²) in [4.78, 5) is 30.5. The summed E-state index contributed by atoms with van der Waals surface area (Å²) in [6.07, 6.45) is 3.54. The molecule has 0 saturated heterocycles. The van der Waals surface area contributed by atoms with E-state index in [9.17, 15) is 14.7 Å². The lowest BCUT2D eigenvalue weighted by molar-refractivity contribution is -0.116. The number of carbonyl (C=O) groups excluding carboxylic acids is 1. The van der Waals surface area contributed by atoms with Crippen LogP contribution in [0, 0.1) is 6.92 Å². The molecule has 5 rings (SSSR count). The fourth-order valence-corrected chi connectivity index (χ4v) is 4.25. The van der Waals surface area contributed by atoms with E-state index in [2.05, 4.69) is 10.3 Å². The van der Waals surface area contributed by atoms with Crippen LogP contribution >= 0.6 is 0 Å². The Kier molecular flexibility index (Phi) is 6.00. The highest BCUT2D eigenvalue weighted by molar-refractivity contribution is 6.01. The number of amides is 1. The number of carbonyl (C=O) groups is 1. The summed E-state index contributed by atoms with van der Waals surface area (Å²) in [5.41, 5.74) is 3.97.